The fraction of sp³-hybridized carbons (Fsp3) is 0.111. The van der Waals surface area contributed by atoms with Crippen LogP contribution in [-0.4, -0.2) is 13.8 Å². The molecule has 0 atom stereocenters. The van der Waals surface area contributed by atoms with Crippen LogP contribution in [0.2, 0.25) is 0 Å². The van der Waals surface area contributed by atoms with Gasteiger partial charge in [0.2, 0.25) is 0 Å². The number of hydrogen-bond donors (Lipinski definition) is 0. The smallest absolute Gasteiger partial charge is 0.0991 e. The second-order valence-electron chi connectivity index (χ2n) is 2.32. The summed E-state index contributed by atoms with van der Waals surface area (Å²) in [6, 6.07) is 9.19. The maximum atomic E-state index is 8.52. The van der Waals surface area contributed by atoms with Crippen molar-refractivity contribution in [3.8, 4) is 6.07 Å². The number of hydrogen-bond acceptors (Lipinski definition) is 3. The number of rotatable bonds is 2. The Morgan fingerprint density at radius 1 is 1.42 bits per heavy atom. The van der Waals surface area contributed by atoms with E-state index in [-0.39, 0.29) is 0 Å². The van der Waals surface area contributed by atoms with E-state index in [4.69, 9.17) is 5.26 Å². The third kappa shape index (κ3) is 1.61. The Labute approximate surface area is 71.5 Å². The summed E-state index contributed by atoms with van der Waals surface area (Å²) < 4.78 is 0. The average molecular weight is 159 g/mol. The van der Waals surface area contributed by atoms with Crippen molar-refractivity contribution in [3.05, 3.63) is 29.8 Å². The molecule has 0 unspecified atom stereocenters. The topological polar surface area (TPSA) is 39.4 Å². The summed E-state index contributed by atoms with van der Waals surface area (Å²) in [5, 5.41) is 13.9. The van der Waals surface area contributed by atoms with Gasteiger partial charge in [-0.05, 0) is 24.3 Å². The van der Waals surface area contributed by atoms with Gasteiger partial charge in [-0.25, -0.2) is 0 Å². The van der Waals surface area contributed by atoms with Crippen molar-refractivity contribution in [1.82, 2.24) is 0 Å². The van der Waals surface area contributed by atoms with Gasteiger partial charge in [-0.2, -0.15) is 10.4 Å². The molecular formula is C9H9N3. The van der Waals surface area contributed by atoms with Crippen molar-refractivity contribution in [1.29, 1.82) is 5.26 Å². The van der Waals surface area contributed by atoms with Crippen molar-refractivity contribution in [2.75, 3.05) is 12.1 Å². The van der Waals surface area contributed by atoms with Gasteiger partial charge in [-0.15, -0.1) is 0 Å². The minimum atomic E-state index is 0.649. The van der Waals surface area contributed by atoms with Gasteiger partial charge < -0.3 is 0 Å². The van der Waals surface area contributed by atoms with Gasteiger partial charge in [-0.1, -0.05) is 0 Å². The first kappa shape index (κ1) is 8.28. The Morgan fingerprint density at radius 3 is 2.42 bits per heavy atom. The Morgan fingerprint density at radius 2 is 2.00 bits per heavy atom. The molecule has 1 aromatic rings. The SMILES string of the molecule is C=NN(C)c1ccc(C#N)cc1. The molecule has 0 aliphatic carbocycles. The van der Waals surface area contributed by atoms with Gasteiger partial charge in [0, 0.05) is 13.8 Å². The van der Waals surface area contributed by atoms with Crippen LogP contribution in [0.15, 0.2) is 29.4 Å². The third-order valence-electron chi connectivity index (χ3n) is 1.58. The molecule has 0 amide bonds. The standard InChI is InChI=1S/C9H9N3/c1-11-12(2)9-5-3-8(7-10)4-6-9/h3-6H,1H2,2H3. The van der Waals surface area contributed by atoms with Crippen molar-refractivity contribution < 1.29 is 0 Å². The van der Waals surface area contributed by atoms with Crippen molar-refractivity contribution >= 4 is 12.4 Å². The number of nitrogens with zero attached hydrogens (tertiary/aromatic N) is 3. The number of anilines is 1. The second-order valence-corrected chi connectivity index (χ2v) is 2.32. The van der Waals surface area contributed by atoms with Gasteiger partial charge in [0.15, 0.2) is 0 Å². The van der Waals surface area contributed by atoms with Crippen LogP contribution in [0.25, 0.3) is 0 Å². The molecule has 0 N–H and O–H groups in total. The van der Waals surface area contributed by atoms with Crippen LogP contribution in [0.1, 0.15) is 5.56 Å². The van der Waals surface area contributed by atoms with E-state index >= 15 is 0 Å². The van der Waals surface area contributed by atoms with Crippen LogP contribution in [0.3, 0.4) is 0 Å². The summed E-state index contributed by atoms with van der Waals surface area (Å²) in [5.74, 6) is 0. The van der Waals surface area contributed by atoms with Crippen molar-refractivity contribution in [2.45, 2.75) is 0 Å². The predicted octanol–water partition coefficient (Wildman–Crippen LogP) is 1.61. The maximum Gasteiger partial charge on any atom is 0.0991 e. The Balaban J connectivity index is 2.93. The lowest BCUT2D eigenvalue weighted by molar-refractivity contribution is 1.03. The van der Waals surface area contributed by atoms with Crippen molar-refractivity contribution in [3.63, 3.8) is 0 Å². The van der Waals surface area contributed by atoms with E-state index in [1.54, 1.807) is 24.2 Å². The first-order valence-corrected chi connectivity index (χ1v) is 3.48. The minimum absolute atomic E-state index is 0.649. The lowest BCUT2D eigenvalue weighted by Gasteiger charge is -2.10. The lowest BCUT2D eigenvalue weighted by atomic mass is 10.2. The molecule has 3 heteroatoms. The molecule has 0 fully saturated rings. The molecular weight excluding hydrogens is 150 g/mol. The van der Waals surface area contributed by atoms with Crippen LogP contribution in [0.5, 0.6) is 0 Å². The van der Waals surface area contributed by atoms with E-state index in [2.05, 4.69) is 11.8 Å². The lowest BCUT2D eigenvalue weighted by Crippen LogP contribution is -2.06. The molecule has 0 heterocycles. The fourth-order valence-corrected chi connectivity index (χ4v) is 0.833. The molecule has 0 bridgehead atoms. The molecule has 1 rings (SSSR count). The summed E-state index contributed by atoms with van der Waals surface area (Å²) >= 11 is 0. The highest BCUT2D eigenvalue weighted by Crippen LogP contribution is 2.12. The third-order valence-corrected chi connectivity index (χ3v) is 1.58. The summed E-state index contributed by atoms with van der Waals surface area (Å²) in [6.07, 6.45) is 0. The van der Waals surface area contributed by atoms with Gasteiger partial charge in [0.25, 0.3) is 0 Å². The van der Waals surface area contributed by atoms with E-state index in [0.29, 0.717) is 5.56 Å². The molecule has 0 radical (unpaired) electrons. The van der Waals surface area contributed by atoms with E-state index in [1.807, 2.05) is 18.2 Å². The molecule has 0 aliphatic rings. The minimum Gasteiger partial charge on any atom is -0.269 e. The van der Waals surface area contributed by atoms with Crippen LogP contribution in [0, 0.1) is 11.3 Å². The van der Waals surface area contributed by atoms with Crippen LogP contribution in [-0.2, 0) is 0 Å². The molecule has 0 aromatic heterocycles. The summed E-state index contributed by atoms with van der Waals surface area (Å²) in [4.78, 5) is 0. The van der Waals surface area contributed by atoms with Gasteiger partial charge in [0.05, 0.1) is 17.3 Å². The monoisotopic (exact) mass is 159 g/mol. The highest BCUT2D eigenvalue weighted by atomic mass is 15.4. The van der Waals surface area contributed by atoms with Crippen molar-refractivity contribution in [2.24, 2.45) is 5.10 Å². The largest absolute Gasteiger partial charge is 0.269 e. The quantitative estimate of drug-likeness (QED) is 0.485. The van der Waals surface area contributed by atoms with Gasteiger partial charge in [-0.3, -0.25) is 5.01 Å². The highest BCUT2D eigenvalue weighted by Gasteiger charge is 1.95. The normalized spacial score (nSPS) is 8.67. The molecule has 0 spiro atoms. The fourth-order valence-electron chi connectivity index (χ4n) is 0.833. The number of nitriles is 1. The van der Waals surface area contributed by atoms with E-state index < -0.39 is 0 Å². The number of benzene rings is 1. The van der Waals surface area contributed by atoms with Crippen LogP contribution < -0.4 is 5.01 Å². The van der Waals surface area contributed by atoms with Crippen LogP contribution >= 0.6 is 0 Å². The maximum absolute atomic E-state index is 8.52. The Kier molecular flexibility index (Phi) is 2.44. The van der Waals surface area contributed by atoms with E-state index in [9.17, 15) is 0 Å². The van der Waals surface area contributed by atoms with E-state index in [1.165, 1.54) is 0 Å². The Hall–Kier alpha value is -1.82. The Bertz CT molecular complexity index is 308. The van der Waals surface area contributed by atoms with Crippen LogP contribution in [0.4, 0.5) is 5.69 Å². The highest BCUT2D eigenvalue weighted by molar-refractivity contribution is 5.49. The zero-order chi connectivity index (χ0) is 8.97. The predicted molar refractivity (Wildman–Crippen MR) is 49.1 cm³/mol. The van der Waals surface area contributed by atoms with E-state index in [0.717, 1.165) is 5.69 Å². The average Bonchev–Trinajstić information content (AvgIpc) is 2.17. The molecule has 0 aliphatic heterocycles. The molecule has 3 nitrogen and oxygen atoms in total. The molecule has 60 valence electrons. The molecule has 0 saturated heterocycles. The molecule has 0 saturated carbocycles. The second kappa shape index (κ2) is 3.54. The zero-order valence-corrected chi connectivity index (χ0v) is 6.86. The summed E-state index contributed by atoms with van der Waals surface area (Å²) in [5.41, 5.74) is 1.57. The summed E-state index contributed by atoms with van der Waals surface area (Å²) in [7, 11) is 1.80. The van der Waals surface area contributed by atoms with Gasteiger partial charge >= 0.3 is 0 Å². The molecule has 1 aromatic carbocycles. The first-order valence-electron chi connectivity index (χ1n) is 3.48. The summed E-state index contributed by atoms with van der Waals surface area (Å²) in [6.45, 7) is 3.39. The molecule has 12 heavy (non-hydrogen) atoms. The zero-order valence-electron chi connectivity index (χ0n) is 6.86. The first-order chi connectivity index (χ1) is 5.77. The number of hydrazone groups is 1. The van der Waals surface area contributed by atoms with Gasteiger partial charge in [0.1, 0.15) is 0 Å².